The van der Waals surface area contributed by atoms with Gasteiger partial charge in [-0.2, -0.15) is 39.5 Å². The lowest BCUT2D eigenvalue weighted by Gasteiger charge is -2.52. The van der Waals surface area contributed by atoms with Crippen molar-refractivity contribution in [3.05, 3.63) is 29.3 Å². The highest BCUT2D eigenvalue weighted by atomic mass is 19.4. The lowest BCUT2D eigenvalue weighted by molar-refractivity contribution is -0.457. The molecule has 1 aromatic carbocycles. The Balaban J connectivity index is 1.09. The van der Waals surface area contributed by atoms with Crippen LogP contribution in [0.1, 0.15) is 62.5 Å². The van der Waals surface area contributed by atoms with Gasteiger partial charge in [-0.1, -0.05) is 13.0 Å². The molecule has 0 spiro atoms. The van der Waals surface area contributed by atoms with E-state index in [1.807, 2.05) is 26.9 Å². The molecule has 1 heterocycles. The number of rotatable bonds is 15. The summed E-state index contributed by atoms with van der Waals surface area (Å²) in [4.78, 5) is 30.4. The quantitative estimate of drug-likeness (QED) is 0.153. The van der Waals surface area contributed by atoms with Crippen molar-refractivity contribution in [2.45, 2.75) is 100 Å². The molecule has 5 rings (SSSR count). The van der Waals surface area contributed by atoms with Crippen LogP contribution in [0.4, 0.5) is 44.3 Å². The molecule has 2 saturated carbocycles. The number of carbonyl (C=O) groups is 2. The van der Waals surface area contributed by atoms with Crippen LogP contribution in [0.25, 0.3) is 0 Å². The first-order valence-corrected chi connectivity index (χ1v) is 19.8. The summed E-state index contributed by atoms with van der Waals surface area (Å²) in [5, 5.41) is 2.82. The monoisotopic (exact) mass is 842 g/mol. The summed E-state index contributed by atoms with van der Waals surface area (Å²) in [7, 11) is 7.45. The zero-order valence-corrected chi connectivity index (χ0v) is 33.5. The van der Waals surface area contributed by atoms with Crippen molar-refractivity contribution < 1.29 is 68.0 Å². The van der Waals surface area contributed by atoms with Crippen LogP contribution in [-0.4, -0.2) is 151 Å². The van der Waals surface area contributed by atoms with E-state index in [2.05, 4.69) is 27.9 Å². The van der Waals surface area contributed by atoms with Crippen LogP contribution in [0.15, 0.2) is 18.2 Å². The van der Waals surface area contributed by atoms with Crippen LogP contribution in [0.2, 0.25) is 0 Å². The maximum Gasteiger partial charge on any atom is 0.435 e. The topological polar surface area (TPSA) is 92.8 Å². The van der Waals surface area contributed by atoms with Crippen LogP contribution in [0.5, 0.6) is 5.75 Å². The average molecular weight is 842 g/mol. The van der Waals surface area contributed by atoms with Crippen molar-refractivity contribution >= 4 is 27.1 Å². The van der Waals surface area contributed by atoms with Crippen LogP contribution in [0.3, 0.4) is 0 Å². The number of carbonyl (C=O) groups excluding carboxylic acids is 2. The first-order chi connectivity index (χ1) is 27.0. The number of hydrogen-bond donors (Lipinski definition) is 1. The van der Waals surface area contributed by atoms with Gasteiger partial charge in [0.05, 0.1) is 19.3 Å². The van der Waals surface area contributed by atoms with E-state index in [0.717, 1.165) is 50.0 Å². The number of amides is 2. The first-order valence-electron chi connectivity index (χ1n) is 19.8. The molecule has 1 saturated heterocycles. The summed E-state index contributed by atoms with van der Waals surface area (Å²) >= 11 is 0. The fourth-order valence-electron chi connectivity index (χ4n) is 10.1. The Bertz CT molecular complexity index is 1550. The number of ether oxygens (including phenoxy) is 3. The van der Waals surface area contributed by atoms with E-state index in [9.17, 15) is 49.1 Å². The number of benzene rings is 1. The summed E-state index contributed by atoms with van der Waals surface area (Å²) in [5.74, 6) is 1.21. The van der Waals surface area contributed by atoms with Crippen molar-refractivity contribution in [3.8, 4) is 5.75 Å². The smallest absolute Gasteiger partial charge is 0.435 e. The Kier molecular flexibility index (Phi) is 14.3. The number of halogens is 9. The third-order valence-electron chi connectivity index (χ3n) is 13.0. The maximum absolute atomic E-state index is 13.4. The molecule has 10 nitrogen and oxygen atoms in total. The fraction of sp³-hybridized carbons (Fsp3) is 0.784. The van der Waals surface area contributed by atoms with Gasteiger partial charge >= 0.3 is 30.2 Å². The third kappa shape index (κ3) is 9.51. The molecule has 58 heavy (non-hydrogen) atoms. The summed E-state index contributed by atoms with van der Waals surface area (Å²) in [5.41, 5.74) is -4.12. The number of alkyl halides is 9. The van der Waals surface area contributed by atoms with E-state index in [1.165, 1.54) is 18.2 Å². The molecule has 1 aliphatic heterocycles. The van der Waals surface area contributed by atoms with Gasteiger partial charge in [-0.3, -0.25) is 14.6 Å². The predicted molar refractivity (Wildman–Crippen MR) is 198 cm³/mol. The van der Waals surface area contributed by atoms with Gasteiger partial charge in [-0.05, 0) is 105 Å². The van der Waals surface area contributed by atoms with E-state index < -0.39 is 55.8 Å². The van der Waals surface area contributed by atoms with Crippen molar-refractivity contribution in [2.24, 2.45) is 17.3 Å². The van der Waals surface area contributed by atoms with Crippen LogP contribution in [-0.2, 0) is 25.3 Å². The summed E-state index contributed by atoms with van der Waals surface area (Å²) in [6.07, 6.45) is -14.9. The third-order valence-corrected chi connectivity index (χ3v) is 13.0. The highest BCUT2D eigenvalue weighted by Gasteiger charge is 2.85. The normalized spacial score (nSPS) is 27.8. The Hall–Kier alpha value is -2.90. The molecule has 5 unspecified atom stereocenters. The molecule has 0 radical (unpaired) electrons. The Morgan fingerprint density at radius 1 is 0.983 bits per heavy atom. The van der Waals surface area contributed by atoms with E-state index in [0.29, 0.717) is 43.8 Å². The number of hydrogen-bond acceptors (Lipinski definition) is 8. The van der Waals surface area contributed by atoms with Gasteiger partial charge in [-0.15, -0.1) is 0 Å². The number of aryl methyl sites for hydroxylation is 1. The standard InChI is InChI=1S/C37H53B2F9N4O6/c1-33-12-11-27-26-8-6-24(55-15-16-56-32(54)49-19-23-18-25(58-39-38)20-51(23)3)17-22(26)5-7-28(27)29(33)9-10-30(33)52(4)31(53)21-50(2)13-14-57-34(35(40,41)42,36(43,44)45)37(46,47)48/h6,8,17,23,25,27-30,39H,5,7,9-16,18-21,38H2,1-4H3,(H,49,54)/t23?,25?,27?,28?,29?,30-,33-/m0/s1. The molecule has 7 atom stereocenters. The van der Waals surface area contributed by atoms with Gasteiger partial charge in [0, 0.05) is 38.8 Å². The number of alkyl carbamates (subject to hydrolysis) is 1. The number of nitrogens with zero attached hydrogens (tertiary/aromatic N) is 3. The van der Waals surface area contributed by atoms with Gasteiger partial charge in [0.2, 0.25) is 13.3 Å². The molecule has 3 aliphatic carbocycles. The maximum atomic E-state index is 13.4. The zero-order valence-electron chi connectivity index (χ0n) is 33.5. The summed E-state index contributed by atoms with van der Waals surface area (Å²) < 4.78 is 140. The van der Waals surface area contributed by atoms with Crippen LogP contribution < -0.4 is 10.1 Å². The number of likely N-dealkylation sites (N-methyl/N-ethyl adjacent to an activating group) is 3. The van der Waals surface area contributed by atoms with E-state index in [-0.39, 0.29) is 36.8 Å². The molecular weight excluding hydrogens is 789 g/mol. The molecule has 326 valence electrons. The molecular formula is C37H53B2F9N4O6. The van der Waals surface area contributed by atoms with Crippen LogP contribution in [0, 0.1) is 17.3 Å². The molecule has 0 bridgehead atoms. The molecule has 21 heteroatoms. The fourth-order valence-corrected chi connectivity index (χ4v) is 10.1. The Morgan fingerprint density at radius 2 is 1.67 bits per heavy atom. The highest BCUT2D eigenvalue weighted by molar-refractivity contribution is 6.85. The molecule has 1 aromatic rings. The SMILES string of the molecule is BBOC1CC(CNC(=O)OCCOc2ccc3c(c2)CCC2C3CC[C@@]3(C)C2CC[C@@H]3N(C)C(=O)CN(C)CCOC(C(F)(F)F)(C(F)(F)F)C(F)(F)F)N(C)C1. The lowest BCUT2D eigenvalue weighted by Crippen LogP contribution is -2.68. The largest absolute Gasteiger partial charge is 0.490 e. The van der Waals surface area contributed by atoms with Gasteiger partial charge in [-0.25, -0.2) is 4.79 Å². The average Bonchev–Trinajstić information content (AvgIpc) is 3.66. The summed E-state index contributed by atoms with van der Waals surface area (Å²) in [6, 6.07) is 6.09. The minimum Gasteiger partial charge on any atom is -0.490 e. The molecule has 2 amide bonds. The van der Waals surface area contributed by atoms with E-state index >= 15 is 0 Å². The summed E-state index contributed by atoms with van der Waals surface area (Å²) in [6.45, 7) is 0.935. The molecule has 0 aromatic heterocycles. The van der Waals surface area contributed by atoms with E-state index in [4.69, 9.17) is 14.1 Å². The molecule has 1 N–H and O–H groups in total. The zero-order chi connectivity index (χ0) is 42.8. The first kappa shape index (κ1) is 46.2. The van der Waals surface area contributed by atoms with Gasteiger partial charge < -0.3 is 29.1 Å². The second kappa shape index (κ2) is 18.0. The second-order valence-electron chi connectivity index (χ2n) is 16.5. The van der Waals surface area contributed by atoms with Crippen LogP contribution >= 0.6 is 0 Å². The minimum atomic E-state index is -6.82. The van der Waals surface area contributed by atoms with Gasteiger partial charge in [0.1, 0.15) is 26.7 Å². The van der Waals surface area contributed by atoms with Crippen molar-refractivity contribution in [2.75, 3.05) is 67.1 Å². The van der Waals surface area contributed by atoms with Crippen molar-refractivity contribution in [1.82, 2.24) is 20.0 Å². The second-order valence-corrected chi connectivity index (χ2v) is 16.5. The number of fused-ring (bicyclic) bond motifs is 5. The van der Waals surface area contributed by atoms with Gasteiger partial charge in [0.25, 0.3) is 0 Å². The van der Waals surface area contributed by atoms with E-state index in [1.54, 1.807) is 11.9 Å². The molecule has 4 aliphatic rings. The molecule has 3 fully saturated rings. The lowest BCUT2D eigenvalue weighted by atomic mass is 9.55. The van der Waals surface area contributed by atoms with Crippen molar-refractivity contribution in [3.63, 3.8) is 0 Å². The van der Waals surface area contributed by atoms with Crippen molar-refractivity contribution in [1.29, 1.82) is 0 Å². The number of nitrogens with one attached hydrogen (secondary N) is 1. The highest BCUT2D eigenvalue weighted by Crippen LogP contribution is 2.62. The Labute approximate surface area is 334 Å². The minimum absolute atomic E-state index is 0.0886. The predicted octanol–water partition coefficient (Wildman–Crippen LogP) is 4.84. The number of likely N-dealkylation sites (tertiary alicyclic amines) is 1. The Morgan fingerprint density at radius 3 is 2.33 bits per heavy atom. The van der Waals surface area contributed by atoms with Gasteiger partial charge in [0.15, 0.2) is 0 Å².